The van der Waals surface area contributed by atoms with Gasteiger partial charge in [-0.05, 0) is 36.4 Å². The number of non-ortho nitro benzene ring substituents is 1. The molecule has 0 spiro atoms. The first-order chi connectivity index (χ1) is 16.3. The number of carbonyl (C=O) groups excluding carboxylic acids is 1. The number of carbonyl (C=O) groups is 1. The van der Waals surface area contributed by atoms with Gasteiger partial charge >= 0.3 is 0 Å². The maximum Gasteiger partial charge on any atom is 0.275 e. The minimum atomic E-state index is -1.07. The number of nitrogens with zero attached hydrogens (tertiary/aromatic N) is 2. The summed E-state index contributed by atoms with van der Waals surface area (Å²) in [7, 11) is 1.53. The molecule has 1 atom stereocenters. The van der Waals surface area contributed by atoms with Crippen LogP contribution < -0.4 is 14.8 Å². The number of nitro benzene ring substituents is 1. The number of anilines is 1. The number of hydrogen-bond acceptors (Lipinski definition) is 7. The quantitative estimate of drug-likeness (QED) is 0.358. The van der Waals surface area contributed by atoms with Crippen LogP contribution in [0.1, 0.15) is 12.0 Å². The second-order valence-electron chi connectivity index (χ2n) is 7.17. The molecule has 3 aromatic carbocycles. The van der Waals surface area contributed by atoms with E-state index in [2.05, 4.69) is 10.5 Å². The molecule has 1 N–H and O–H groups in total. The first-order valence-electron chi connectivity index (χ1n) is 9.93. The van der Waals surface area contributed by atoms with Crippen LogP contribution in [-0.2, 0) is 9.63 Å². The van der Waals surface area contributed by atoms with Crippen molar-refractivity contribution in [2.24, 2.45) is 5.16 Å². The molecule has 0 saturated carbocycles. The van der Waals surface area contributed by atoms with Gasteiger partial charge < -0.3 is 19.6 Å². The Kier molecular flexibility index (Phi) is 6.60. The average Bonchev–Trinajstić information content (AvgIpc) is 3.29. The monoisotopic (exact) mass is 485 g/mol. The Morgan fingerprint density at radius 3 is 2.59 bits per heavy atom. The van der Waals surface area contributed by atoms with E-state index < -0.39 is 22.8 Å². The van der Waals surface area contributed by atoms with Crippen molar-refractivity contribution in [2.75, 3.05) is 12.4 Å². The summed E-state index contributed by atoms with van der Waals surface area (Å²) in [5.41, 5.74) is 0.0724. The van der Waals surface area contributed by atoms with Crippen molar-refractivity contribution in [3.63, 3.8) is 0 Å². The predicted octanol–water partition coefficient (Wildman–Crippen LogP) is 5.32. The summed E-state index contributed by atoms with van der Waals surface area (Å²) in [5, 5.41) is 17.9. The molecule has 0 bridgehead atoms. The van der Waals surface area contributed by atoms with E-state index in [0.717, 1.165) is 0 Å². The van der Waals surface area contributed by atoms with E-state index in [-0.39, 0.29) is 39.8 Å². The largest absolute Gasteiger partial charge is 0.497 e. The highest BCUT2D eigenvalue weighted by Gasteiger charge is 2.31. The van der Waals surface area contributed by atoms with Gasteiger partial charge in [0.15, 0.2) is 0 Å². The van der Waals surface area contributed by atoms with Crippen molar-refractivity contribution in [3.8, 4) is 17.2 Å². The summed E-state index contributed by atoms with van der Waals surface area (Å²) in [5.74, 6) is -0.0409. The summed E-state index contributed by atoms with van der Waals surface area (Å²) >= 11 is 6.05. The van der Waals surface area contributed by atoms with Gasteiger partial charge in [0.1, 0.15) is 23.1 Å². The van der Waals surface area contributed by atoms with Crippen LogP contribution in [0, 0.1) is 15.9 Å². The molecular formula is C23H17ClFN3O6. The molecule has 1 amide bonds. The SMILES string of the molecule is COc1ccc(Oc2cc(NC(=O)C3CC(c4c(F)cccc4Cl)=NO3)cc([N+](=O)[O-])c2)cc1. The zero-order chi connectivity index (χ0) is 24.2. The fourth-order valence-electron chi connectivity index (χ4n) is 3.26. The van der Waals surface area contributed by atoms with Crippen LogP contribution in [0.3, 0.4) is 0 Å². The molecule has 0 saturated heterocycles. The number of nitrogens with one attached hydrogen (secondary N) is 1. The van der Waals surface area contributed by atoms with Gasteiger partial charge in [-0.15, -0.1) is 0 Å². The summed E-state index contributed by atoms with van der Waals surface area (Å²) in [4.78, 5) is 28.7. The molecular weight excluding hydrogens is 469 g/mol. The highest BCUT2D eigenvalue weighted by molar-refractivity contribution is 6.34. The minimum absolute atomic E-state index is 0.0311. The first kappa shape index (κ1) is 23.0. The highest BCUT2D eigenvalue weighted by atomic mass is 35.5. The number of rotatable bonds is 7. The molecule has 1 unspecified atom stereocenters. The molecule has 174 valence electrons. The van der Waals surface area contributed by atoms with Crippen molar-refractivity contribution in [3.05, 3.63) is 87.2 Å². The zero-order valence-corrected chi connectivity index (χ0v) is 18.4. The number of oxime groups is 1. The number of methoxy groups -OCH3 is 1. The van der Waals surface area contributed by atoms with Crippen LogP contribution in [0.5, 0.6) is 17.2 Å². The van der Waals surface area contributed by atoms with Gasteiger partial charge in [0.2, 0.25) is 6.10 Å². The fourth-order valence-corrected chi connectivity index (χ4v) is 3.53. The van der Waals surface area contributed by atoms with E-state index in [4.69, 9.17) is 25.9 Å². The lowest BCUT2D eigenvalue weighted by Gasteiger charge is -2.12. The molecule has 34 heavy (non-hydrogen) atoms. The molecule has 0 radical (unpaired) electrons. The summed E-state index contributed by atoms with van der Waals surface area (Å²) in [6, 6.07) is 14.6. The number of hydrogen-bond donors (Lipinski definition) is 1. The molecule has 9 nitrogen and oxygen atoms in total. The van der Waals surface area contributed by atoms with Crippen molar-refractivity contribution in [2.45, 2.75) is 12.5 Å². The number of amides is 1. The maximum absolute atomic E-state index is 14.2. The van der Waals surface area contributed by atoms with Crippen molar-refractivity contribution >= 4 is 34.6 Å². The Morgan fingerprint density at radius 1 is 1.18 bits per heavy atom. The minimum Gasteiger partial charge on any atom is -0.497 e. The van der Waals surface area contributed by atoms with Crippen molar-refractivity contribution in [1.29, 1.82) is 0 Å². The molecule has 11 heteroatoms. The van der Waals surface area contributed by atoms with Crippen LogP contribution in [0.25, 0.3) is 0 Å². The second-order valence-corrected chi connectivity index (χ2v) is 7.58. The van der Waals surface area contributed by atoms with Crippen molar-refractivity contribution < 1.29 is 28.4 Å². The van der Waals surface area contributed by atoms with Gasteiger partial charge in [0.05, 0.1) is 40.1 Å². The Labute approximate surface area is 197 Å². The average molecular weight is 486 g/mol. The first-order valence-corrected chi connectivity index (χ1v) is 10.3. The summed E-state index contributed by atoms with van der Waals surface area (Å²) in [6.45, 7) is 0. The van der Waals surface area contributed by atoms with Crippen molar-refractivity contribution in [1.82, 2.24) is 0 Å². The smallest absolute Gasteiger partial charge is 0.275 e. The van der Waals surface area contributed by atoms with Gasteiger partial charge in [0, 0.05) is 18.6 Å². The molecule has 1 aliphatic rings. The van der Waals surface area contributed by atoms with Crippen LogP contribution >= 0.6 is 11.6 Å². The Hall–Kier alpha value is -4.18. The van der Waals surface area contributed by atoms with Crippen LogP contribution in [0.2, 0.25) is 5.02 Å². The highest BCUT2D eigenvalue weighted by Crippen LogP contribution is 2.31. The fraction of sp³-hybridized carbons (Fsp3) is 0.130. The molecule has 1 aliphatic heterocycles. The topological polar surface area (TPSA) is 112 Å². The molecule has 0 aliphatic carbocycles. The summed E-state index contributed by atoms with van der Waals surface area (Å²) < 4.78 is 24.9. The Bertz CT molecular complexity index is 1260. The standard InChI is InChI=1S/C23H17ClFN3O6/c1-32-15-5-7-16(8-6-15)33-17-10-13(9-14(11-17)28(30)31)26-23(29)21-12-20(27-34-21)22-18(24)3-2-4-19(22)25/h2-11,21H,12H2,1H3,(H,26,29). The Morgan fingerprint density at radius 2 is 1.91 bits per heavy atom. The molecule has 0 aromatic heterocycles. The van der Waals surface area contributed by atoms with Crippen LogP contribution in [0.4, 0.5) is 15.8 Å². The lowest BCUT2D eigenvalue weighted by atomic mass is 10.0. The maximum atomic E-state index is 14.2. The van der Waals surface area contributed by atoms with E-state index >= 15 is 0 Å². The molecule has 4 rings (SSSR count). The number of halogens is 2. The summed E-state index contributed by atoms with van der Waals surface area (Å²) in [6.07, 6.45) is -1.10. The molecule has 3 aromatic rings. The van der Waals surface area contributed by atoms with Crippen LogP contribution in [-0.4, -0.2) is 29.8 Å². The molecule has 1 heterocycles. The third-order valence-corrected chi connectivity index (χ3v) is 5.19. The van der Waals surface area contributed by atoms with E-state index in [9.17, 15) is 19.3 Å². The van der Waals surface area contributed by atoms with E-state index in [1.807, 2.05) is 0 Å². The number of benzene rings is 3. The molecule has 0 fully saturated rings. The predicted molar refractivity (Wildman–Crippen MR) is 122 cm³/mol. The lowest BCUT2D eigenvalue weighted by Crippen LogP contribution is -2.28. The van der Waals surface area contributed by atoms with E-state index in [1.54, 1.807) is 24.3 Å². The van der Waals surface area contributed by atoms with Gasteiger partial charge in [-0.25, -0.2) is 4.39 Å². The van der Waals surface area contributed by atoms with Gasteiger partial charge in [-0.3, -0.25) is 14.9 Å². The third-order valence-electron chi connectivity index (χ3n) is 4.88. The second kappa shape index (κ2) is 9.75. The van der Waals surface area contributed by atoms with Gasteiger partial charge in [-0.1, -0.05) is 22.8 Å². The van der Waals surface area contributed by atoms with E-state index in [0.29, 0.717) is 11.5 Å². The number of ether oxygens (including phenoxy) is 2. The zero-order valence-electron chi connectivity index (χ0n) is 17.7. The normalized spacial score (nSPS) is 14.7. The lowest BCUT2D eigenvalue weighted by molar-refractivity contribution is -0.384. The van der Waals surface area contributed by atoms with E-state index in [1.165, 1.54) is 43.5 Å². The van der Waals surface area contributed by atoms with Gasteiger partial charge in [0.25, 0.3) is 11.6 Å². The number of nitro groups is 1. The third kappa shape index (κ3) is 5.07. The van der Waals surface area contributed by atoms with Gasteiger partial charge in [-0.2, -0.15) is 0 Å². The van der Waals surface area contributed by atoms with Crippen LogP contribution in [0.15, 0.2) is 65.8 Å². The Balaban J connectivity index is 1.49.